The van der Waals surface area contributed by atoms with E-state index in [0.717, 1.165) is 56.3 Å². The van der Waals surface area contributed by atoms with Crippen molar-refractivity contribution in [3.05, 3.63) is 248 Å². The molecule has 0 aliphatic rings. The van der Waals surface area contributed by atoms with Crippen molar-refractivity contribution in [2.24, 2.45) is 5.41 Å². The van der Waals surface area contributed by atoms with E-state index in [1.165, 1.54) is 5.56 Å². The standard InChI is InChI=1S/C65H48N4O.Pt/c1-65(2,3)42-50-39-63(66-43-58(50)48-26-14-7-15-27-48)69-59-37-34-49(45-20-8-4-9-21-45)38-57(59)56-36-35-53(41-62(56)69)70-52-29-18-28-51(40-52)67-44-68(61-33-17-16-32-60(61)67)64-54(46-22-10-5-11-23-46)30-19-31-55(64)47-24-12-6-13-25-47;/h4-39,43H,42H2,1-3H3;/q-2;/i5D,6D,10D,11D,12D,13D,22D,23D,24D,25D;. The smallest absolute Gasteiger partial charge is 0.268 e. The van der Waals surface area contributed by atoms with Crippen LogP contribution in [0.15, 0.2) is 224 Å². The maximum absolute atomic E-state index is 9.07. The van der Waals surface area contributed by atoms with E-state index in [2.05, 4.69) is 92.3 Å². The zero-order valence-corrected chi connectivity index (χ0v) is 41.1. The predicted molar refractivity (Wildman–Crippen MR) is 285 cm³/mol. The van der Waals surface area contributed by atoms with Gasteiger partial charge in [0.2, 0.25) is 0 Å². The van der Waals surface area contributed by atoms with Gasteiger partial charge in [-0.1, -0.05) is 202 Å². The number of nitrogens with zero attached hydrogens (tertiary/aromatic N) is 4. The SMILES string of the molecule is [2H]c1c([2H])c([2H])c(-c2cccc(-c3c([2H])c([2H])c([2H])c([2H])c3[2H])c2-[n+]2[c-]n(-c3[c-]c(Oc4[c-]c5c(cc4)c4cc(-c6ccccc6)ccc4n5-c4cc(CC(C)(C)C)c(-c5ccccc5)cn4)ccc3)c3ccccc32)c([2H])c1[2H].[Pt]. The summed E-state index contributed by atoms with van der Waals surface area (Å²) in [6.07, 6.45) is 6.21. The van der Waals surface area contributed by atoms with Gasteiger partial charge in [-0.15, -0.1) is 29.7 Å². The van der Waals surface area contributed by atoms with Gasteiger partial charge in [-0.25, -0.2) is 4.98 Å². The van der Waals surface area contributed by atoms with Gasteiger partial charge in [0.1, 0.15) is 5.82 Å². The number of rotatable bonds is 10. The molecule has 0 unspecified atom stereocenters. The molecule has 71 heavy (non-hydrogen) atoms. The molecule has 0 fully saturated rings. The van der Waals surface area contributed by atoms with Gasteiger partial charge in [0.25, 0.3) is 6.33 Å². The Hall–Kier alpha value is -8.11. The number of fused-ring (bicyclic) bond motifs is 4. The second-order valence-corrected chi connectivity index (χ2v) is 18.3. The molecule has 5 nitrogen and oxygen atoms in total. The summed E-state index contributed by atoms with van der Waals surface area (Å²) in [5.41, 5.74) is 8.98. The number of pyridine rings is 1. The quantitative estimate of drug-likeness (QED) is 0.101. The molecule has 0 amide bonds. The second-order valence-electron chi connectivity index (χ2n) is 18.3. The van der Waals surface area contributed by atoms with Gasteiger partial charge >= 0.3 is 0 Å². The van der Waals surface area contributed by atoms with E-state index in [1.54, 1.807) is 33.4 Å². The predicted octanol–water partition coefficient (Wildman–Crippen LogP) is 15.8. The molecular weight excluding hydrogens is 1050 g/mol. The Kier molecular flexibility index (Phi) is 9.38. The molecule has 0 aliphatic carbocycles. The van der Waals surface area contributed by atoms with E-state index in [4.69, 9.17) is 23.4 Å². The fourth-order valence-electron chi connectivity index (χ4n) is 9.34. The zero-order valence-electron chi connectivity index (χ0n) is 48.8. The molecule has 0 saturated carbocycles. The molecule has 12 rings (SSSR count). The zero-order chi connectivity index (χ0) is 55.9. The Balaban J connectivity index is 0.00000690. The van der Waals surface area contributed by atoms with Gasteiger partial charge in [0.05, 0.1) is 30.4 Å². The number of benzene rings is 9. The van der Waals surface area contributed by atoms with Gasteiger partial charge in [-0.2, -0.15) is 18.2 Å². The van der Waals surface area contributed by atoms with Crippen LogP contribution in [-0.2, 0) is 27.5 Å². The van der Waals surface area contributed by atoms with Crippen LogP contribution < -0.4 is 9.30 Å². The van der Waals surface area contributed by atoms with Crippen LogP contribution in [0.4, 0.5) is 0 Å². The van der Waals surface area contributed by atoms with Crippen molar-refractivity contribution in [1.82, 2.24) is 14.1 Å². The third-order valence-electron chi connectivity index (χ3n) is 12.3. The van der Waals surface area contributed by atoms with Gasteiger partial charge < -0.3 is 13.9 Å². The van der Waals surface area contributed by atoms with Crippen LogP contribution in [0.3, 0.4) is 0 Å². The average molecular weight is 1110 g/mol. The molecule has 0 atom stereocenters. The van der Waals surface area contributed by atoms with Crippen LogP contribution in [0.5, 0.6) is 11.5 Å². The average Bonchev–Trinajstić information content (AvgIpc) is 3.55. The molecule has 0 spiro atoms. The van der Waals surface area contributed by atoms with Crippen molar-refractivity contribution in [2.45, 2.75) is 27.2 Å². The van der Waals surface area contributed by atoms with Crippen LogP contribution in [0.1, 0.15) is 40.0 Å². The Morgan fingerprint density at radius 2 is 1.21 bits per heavy atom. The van der Waals surface area contributed by atoms with Crippen LogP contribution in [0.2, 0.25) is 0 Å². The minimum Gasteiger partial charge on any atom is -0.510 e. The van der Waals surface area contributed by atoms with Crippen molar-refractivity contribution < 1.29 is 44.1 Å². The first-order valence-corrected chi connectivity index (χ1v) is 23.0. The molecule has 3 aromatic heterocycles. The topological polar surface area (TPSA) is 35.9 Å². The molecule has 0 radical (unpaired) electrons. The van der Waals surface area contributed by atoms with E-state index in [-0.39, 0.29) is 54.4 Å². The maximum Gasteiger partial charge on any atom is 0.268 e. The number of ether oxygens (including phenoxy) is 1. The first-order chi connectivity index (χ1) is 38.5. The van der Waals surface area contributed by atoms with Gasteiger partial charge in [0.15, 0.2) is 0 Å². The van der Waals surface area contributed by atoms with Gasteiger partial charge in [-0.05, 0) is 79.5 Å². The monoisotopic (exact) mass is 1110 g/mol. The van der Waals surface area contributed by atoms with Crippen LogP contribution in [0, 0.1) is 23.9 Å². The summed E-state index contributed by atoms with van der Waals surface area (Å²) < 4.78 is 99.7. The Morgan fingerprint density at radius 1 is 0.563 bits per heavy atom. The summed E-state index contributed by atoms with van der Waals surface area (Å²) in [6.45, 7) is 6.72. The van der Waals surface area contributed by atoms with E-state index >= 15 is 0 Å². The number of hydrogen-bond donors (Lipinski definition) is 0. The van der Waals surface area contributed by atoms with Crippen molar-refractivity contribution in [1.29, 1.82) is 0 Å². The molecule has 3 heterocycles. The van der Waals surface area contributed by atoms with Crippen molar-refractivity contribution >= 4 is 32.8 Å². The van der Waals surface area contributed by atoms with Crippen molar-refractivity contribution in [2.75, 3.05) is 0 Å². The molecule has 9 aromatic carbocycles. The van der Waals surface area contributed by atoms with Crippen molar-refractivity contribution in [3.8, 4) is 73.2 Å². The fraction of sp³-hybridized carbons (Fsp3) is 0.0769. The summed E-state index contributed by atoms with van der Waals surface area (Å²) in [4.78, 5) is 5.16. The molecule has 0 bridgehead atoms. The van der Waals surface area contributed by atoms with Crippen molar-refractivity contribution in [3.63, 3.8) is 0 Å². The Morgan fingerprint density at radius 3 is 1.92 bits per heavy atom. The summed E-state index contributed by atoms with van der Waals surface area (Å²) in [7, 11) is 0. The molecule has 346 valence electrons. The first-order valence-electron chi connectivity index (χ1n) is 28.0. The Labute approximate surface area is 443 Å². The summed E-state index contributed by atoms with van der Waals surface area (Å²) in [6, 6.07) is 52.5. The number of hydrogen-bond acceptors (Lipinski definition) is 2. The molecule has 0 saturated heterocycles. The molecule has 0 N–H and O–H groups in total. The normalized spacial score (nSPS) is 13.5. The molecule has 12 aromatic rings. The van der Waals surface area contributed by atoms with Crippen LogP contribution >= 0.6 is 0 Å². The fourth-order valence-corrected chi connectivity index (χ4v) is 9.34. The largest absolute Gasteiger partial charge is 0.510 e. The third-order valence-corrected chi connectivity index (χ3v) is 12.3. The maximum atomic E-state index is 9.07. The van der Waals surface area contributed by atoms with E-state index in [0.29, 0.717) is 28.2 Å². The minimum atomic E-state index is -0.575. The van der Waals surface area contributed by atoms with E-state index in [1.807, 2.05) is 91.1 Å². The van der Waals surface area contributed by atoms with E-state index in [9.17, 15) is 0 Å². The first kappa shape index (κ1) is 35.1. The third kappa shape index (κ3) is 8.79. The van der Waals surface area contributed by atoms with Crippen LogP contribution in [0.25, 0.3) is 94.5 Å². The second kappa shape index (κ2) is 19.0. The van der Waals surface area contributed by atoms with Gasteiger partial charge in [0, 0.05) is 49.8 Å². The number of para-hydroxylation sites is 3. The minimum absolute atomic E-state index is 0. The molecule has 6 heteroatoms. The summed E-state index contributed by atoms with van der Waals surface area (Å²) >= 11 is 0. The Bertz CT molecular complexity index is 4340. The summed E-state index contributed by atoms with van der Waals surface area (Å²) in [5, 5.41) is 1.98. The molecule has 0 aliphatic heterocycles. The van der Waals surface area contributed by atoms with E-state index < -0.39 is 60.4 Å². The van der Waals surface area contributed by atoms with Gasteiger partial charge in [-0.3, -0.25) is 4.57 Å². The molecular formula is C65H48N4OPt-2. The van der Waals surface area contributed by atoms with Crippen LogP contribution in [-0.4, -0.2) is 14.1 Å². The number of imidazole rings is 1. The number of aromatic nitrogens is 4. The summed E-state index contributed by atoms with van der Waals surface area (Å²) in [5.74, 6) is 1.51.